The Kier molecular flexibility index (Phi) is 12.9. The standard InChI is InChI=1S/C36H44F3N3O7S/c1-6-40(7-2)35(44)30-15-10-13-28(19-30)34(29-14-11-17-32(20-29)49-50(45,46)36(37,38)39)42-22-25(4)41(21-26(42)5)23-27-12-9-16-31(18-27)48-24-33(43)47-8-3/h9-20,25-26,34H,6-8,21-24H2,1-5H3/t25-,26+,34-/m1/s1. The highest BCUT2D eigenvalue weighted by Crippen LogP contribution is 2.37. The van der Waals surface area contributed by atoms with E-state index in [1.54, 1.807) is 42.2 Å². The number of hydrogen-bond acceptors (Lipinski definition) is 9. The van der Waals surface area contributed by atoms with Crippen molar-refractivity contribution in [3.05, 3.63) is 95.1 Å². The van der Waals surface area contributed by atoms with Crippen molar-refractivity contribution in [3.8, 4) is 11.5 Å². The molecule has 1 saturated heterocycles. The summed E-state index contributed by atoms with van der Waals surface area (Å²) in [6.45, 7) is 12.5. The van der Waals surface area contributed by atoms with Crippen LogP contribution in [0.25, 0.3) is 0 Å². The van der Waals surface area contributed by atoms with E-state index in [0.29, 0.717) is 49.6 Å². The van der Waals surface area contributed by atoms with Crippen molar-refractivity contribution in [1.82, 2.24) is 14.7 Å². The Morgan fingerprint density at radius 2 is 1.52 bits per heavy atom. The summed E-state index contributed by atoms with van der Waals surface area (Å²) >= 11 is 0. The molecule has 3 atom stereocenters. The molecule has 0 bridgehead atoms. The molecule has 1 aliphatic heterocycles. The average molecular weight is 720 g/mol. The van der Waals surface area contributed by atoms with Crippen LogP contribution in [-0.4, -0.2) is 92.0 Å². The van der Waals surface area contributed by atoms with Crippen molar-refractivity contribution in [2.45, 2.75) is 64.8 Å². The molecule has 4 rings (SSSR count). The minimum Gasteiger partial charge on any atom is -0.482 e. The highest BCUT2D eigenvalue weighted by Gasteiger charge is 2.48. The lowest BCUT2D eigenvalue weighted by Gasteiger charge is -2.48. The van der Waals surface area contributed by atoms with Crippen molar-refractivity contribution in [2.75, 3.05) is 39.4 Å². The van der Waals surface area contributed by atoms with Crippen LogP contribution in [0.15, 0.2) is 72.8 Å². The molecule has 0 aliphatic carbocycles. The van der Waals surface area contributed by atoms with Crippen LogP contribution in [0.3, 0.4) is 0 Å². The zero-order valence-corrected chi connectivity index (χ0v) is 29.7. The summed E-state index contributed by atoms with van der Waals surface area (Å²) in [6.07, 6.45) is 0. The number of ether oxygens (including phenoxy) is 2. The lowest BCUT2D eigenvalue weighted by atomic mass is 9.92. The van der Waals surface area contributed by atoms with Crippen molar-refractivity contribution in [1.29, 1.82) is 0 Å². The van der Waals surface area contributed by atoms with Crippen molar-refractivity contribution >= 4 is 22.0 Å². The first-order valence-corrected chi connectivity index (χ1v) is 17.9. The number of piperazine rings is 1. The molecule has 10 nitrogen and oxygen atoms in total. The average Bonchev–Trinajstić information content (AvgIpc) is 3.06. The maximum absolute atomic E-state index is 13.3. The molecule has 3 aromatic carbocycles. The molecule has 272 valence electrons. The summed E-state index contributed by atoms with van der Waals surface area (Å²) in [5, 5.41) is 0. The fourth-order valence-corrected chi connectivity index (χ4v) is 6.59. The normalized spacial score (nSPS) is 17.9. The van der Waals surface area contributed by atoms with Crippen molar-refractivity contribution < 1.29 is 44.8 Å². The van der Waals surface area contributed by atoms with Gasteiger partial charge < -0.3 is 18.6 Å². The van der Waals surface area contributed by atoms with Gasteiger partial charge in [-0.25, -0.2) is 4.79 Å². The highest BCUT2D eigenvalue weighted by molar-refractivity contribution is 7.88. The van der Waals surface area contributed by atoms with E-state index in [0.717, 1.165) is 11.1 Å². The third-order valence-corrected chi connectivity index (χ3v) is 9.58. The quantitative estimate of drug-likeness (QED) is 0.112. The number of rotatable bonds is 14. The van der Waals surface area contributed by atoms with Crippen LogP contribution in [0, 0.1) is 0 Å². The number of halogens is 3. The van der Waals surface area contributed by atoms with Crippen molar-refractivity contribution in [3.63, 3.8) is 0 Å². The minimum atomic E-state index is -5.89. The zero-order chi connectivity index (χ0) is 36.6. The predicted octanol–water partition coefficient (Wildman–Crippen LogP) is 6.02. The molecule has 3 aromatic rings. The number of carbonyl (C=O) groups is 2. The van der Waals surface area contributed by atoms with Gasteiger partial charge in [0.1, 0.15) is 11.5 Å². The van der Waals surface area contributed by atoms with E-state index in [1.165, 1.54) is 18.2 Å². The van der Waals surface area contributed by atoms with Gasteiger partial charge >= 0.3 is 21.6 Å². The number of amides is 1. The van der Waals surface area contributed by atoms with Crippen LogP contribution >= 0.6 is 0 Å². The summed E-state index contributed by atoms with van der Waals surface area (Å²) in [5.74, 6) is -0.523. The van der Waals surface area contributed by atoms with Crippen LogP contribution < -0.4 is 8.92 Å². The van der Waals surface area contributed by atoms with Gasteiger partial charge in [-0.05, 0) is 87.7 Å². The van der Waals surface area contributed by atoms with Gasteiger partial charge in [0.25, 0.3) is 5.91 Å². The molecule has 1 fully saturated rings. The first-order valence-electron chi connectivity index (χ1n) is 16.5. The first kappa shape index (κ1) is 38.7. The lowest BCUT2D eigenvalue weighted by molar-refractivity contribution is -0.145. The van der Waals surface area contributed by atoms with Crippen LogP contribution in [0.2, 0.25) is 0 Å². The number of carbonyl (C=O) groups excluding carboxylic acids is 2. The summed E-state index contributed by atoms with van der Waals surface area (Å²) < 4.78 is 78.4. The topological polar surface area (TPSA) is 106 Å². The van der Waals surface area contributed by atoms with Crippen LogP contribution in [0.1, 0.15) is 67.7 Å². The Morgan fingerprint density at radius 1 is 0.880 bits per heavy atom. The second kappa shape index (κ2) is 16.7. The van der Waals surface area contributed by atoms with Gasteiger partial charge in [-0.1, -0.05) is 36.4 Å². The molecular weight excluding hydrogens is 675 g/mol. The molecule has 0 aromatic heterocycles. The molecule has 0 unspecified atom stereocenters. The van der Waals surface area contributed by atoms with Gasteiger partial charge in [0.2, 0.25) is 0 Å². The molecule has 50 heavy (non-hydrogen) atoms. The summed E-state index contributed by atoms with van der Waals surface area (Å²) in [4.78, 5) is 31.3. The highest BCUT2D eigenvalue weighted by atomic mass is 32.2. The van der Waals surface area contributed by atoms with Gasteiger partial charge in [-0.2, -0.15) is 21.6 Å². The second-order valence-electron chi connectivity index (χ2n) is 12.1. The minimum absolute atomic E-state index is 0.00309. The summed E-state index contributed by atoms with van der Waals surface area (Å²) in [6, 6.07) is 19.6. The van der Waals surface area contributed by atoms with E-state index in [9.17, 15) is 31.2 Å². The van der Waals surface area contributed by atoms with Crippen LogP contribution in [0.4, 0.5) is 13.2 Å². The Morgan fingerprint density at radius 3 is 2.18 bits per heavy atom. The second-order valence-corrected chi connectivity index (χ2v) is 13.7. The lowest BCUT2D eigenvalue weighted by Crippen LogP contribution is -2.56. The molecule has 1 aliphatic rings. The molecule has 0 spiro atoms. The molecule has 0 N–H and O–H groups in total. The fourth-order valence-electron chi connectivity index (χ4n) is 6.14. The Labute approximate surface area is 291 Å². The van der Waals surface area contributed by atoms with E-state index >= 15 is 0 Å². The summed E-state index contributed by atoms with van der Waals surface area (Å²) in [7, 11) is -5.89. The van der Waals surface area contributed by atoms with Gasteiger partial charge in [-0.3, -0.25) is 14.6 Å². The van der Waals surface area contributed by atoms with Crippen molar-refractivity contribution in [2.24, 2.45) is 0 Å². The predicted molar refractivity (Wildman–Crippen MR) is 182 cm³/mol. The van der Waals surface area contributed by atoms with E-state index in [2.05, 4.69) is 20.9 Å². The SMILES string of the molecule is CCOC(=O)COc1cccc(CN2C[C@H](C)N([C@@H](c3cccc(OS(=O)(=O)C(F)(F)F)c3)c3cccc(C(=O)N(CC)CC)c3)C[C@H]2C)c1. The molecule has 0 saturated carbocycles. The maximum atomic E-state index is 13.3. The largest absolute Gasteiger partial charge is 0.534 e. The molecule has 0 radical (unpaired) electrons. The first-order chi connectivity index (χ1) is 23.7. The molecular formula is C36H44F3N3O7S. The van der Waals surface area contributed by atoms with Gasteiger partial charge in [-0.15, -0.1) is 0 Å². The molecule has 1 amide bonds. The Bertz CT molecular complexity index is 1730. The smallest absolute Gasteiger partial charge is 0.482 e. The number of esters is 1. The molecule has 14 heteroatoms. The van der Waals surface area contributed by atoms with E-state index < -0.39 is 33.4 Å². The molecule has 1 heterocycles. The van der Waals surface area contributed by atoms with Crippen LogP contribution in [0.5, 0.6) is 11.5 Å². The number of hydrogen-bond donors (Lipinski definition) is 0. The van der Waals surface area contributed by atoms with E-state index in [-0.39, 0.29) is 31.2 Å². The van der Waals surface area contributed by atoms with Gasteiger partial charge in [0.05, 0.1) is 12.6 Å². The third kappa shape index (κ3) is 9.55. The summed E-state index contributed by atoms with van der Waals surface area (Å²) in [5.41, 5.74) is -2.92. The van der Waals surface area contributed by atoms with Gasteiger partial charge in [0, 0.05) is 50.4 Å². The number of benzene rings is 3. The number of nitrogens with zero attached hydrogens (tertiary/aromatic N) is 3. The fraction of sp³-hybridized carbons (Fsp3) is 0.444. The Hall–Kier alpha value is -4.14. The van der Waals surface area contributed by atoms with E-state index in [1.807, 2.05) is 45.0 Å². The van der Waals surface area contributed by atoms with E-state index in [4.69, 9.17) is 9.47 Å². The monoisotopic (exact) mass is 719 g/mol. The Balaban J connectivity index is 1.65. The van der Waals surface area contributed by atoms with Crippen LogP contribution in [-0.2, 0) is 26.2 Å². The van der Waals surface area contributed by atoms with Gasteiger partial charge in [0.15, 0.2) is 6.61 Å². The number of alkyl halides is 3. The third-order valence-electron chi connectivity index (χ3n) is 8.60. The zero-order valence-electron chi connectivity index (χ0n) is 28.9. The maximum Gasteiger partial charge on any atom is 0.534 e.